The Balaban J connectivity index is 1.20. The number of hydrogen-bond acceptors (Lipinski definition) is 6. The highest BCUT2D eigenvalue weighted by Crippen LogP contribution is 2.35. The van der Waals surface area contributed by atoms with E-state index < -0.39 is 16.3 Å². The van der Waals surface area contributed by atoms with Crippen molar-refractivity contribution in [3.8, 4) is 11.1 Å². The molecule has 0 bridgehead atoms. The number of thiophene rings is 1. The van der Waals surface area contributed by atoms with Gasteiger partial charge in [0, 0.05) is 24.7 Å². The van der Waals surface area contributed by atoms with Crippen molar-refractivity contribution < 1.29 is 22.7 Å². The molecule has 2 amide bonds. The third-order valence-corrected chi connectivity index (χ3v) is 9.15. The number of rotatable bonds is 7. The van der Waals surface area contributed by atoms with Gasteiger partial charge < -0.3 is 15.4 Å². The molecule has 10 heteroatoms. The van der Waals surface area contributed by atoms with Crippen molar-refractivity contribution in [2.24, 2.45) is 5.92 Å². The van der Waals surface area contributed by atoms with E-state index in [9.17, 15) is 18.0 Å². The van der Waals surface area contributed by atoms with E-state index >= 15 is 0 Å². The quantitative estimate of drug-likeness (QED) is 0.460. The fourth-order valence-electron chi connectivity index (χ4n) is 4.52. The molecule has 3 unspecified atom stereocenters. The second-order valence-electron chi connectivity index (χ2n) is 8.74. The second-order valence-corrected chi connectivity index (χ2v) is 11.6. The summed E-state index contributed by atoms with van der Waals surface area (Å²) in [7, 11) is -3.71. The SMILES string of the molecule is C=CC(=O)NC1CC2CN(S(=O)(=O)c3ccc(NC(=O)c4cc(-c5ccccc5)cs4)cc3)CC2O1. The van der Waals surface area contributed by atoms with E-state index in [-0.39, 0.29) is 35.3 Å². The van der Waals surface area contributed by atoms with Crippen molar-refractivity contribution in [2.75, 3.05) is 18.4 Å². The van der Waals surface area contributed by atoms with Gasteiger partial charge in [-0.15, -0.1) is 11.3 Å². The smallest absolute Gasteiger partial charge is 0.265 e. The van der Waals surface area contributed by atoms with Gasteiger partial charge in [0.15, 0.2) is 0 Å². The summed E-state index contributed by atoms with van der Waals surface area (Å²) in [5.74, 6) is -0.548. The monoisotopic (exact) mass is 523 g/mol. The number of carbonyl (C=O) groups is 2. The summed E-state index contributed by atoms with van der Waals surface area (Å²) >= 11 is 1.35. The number of benzene rings is 2. The van der Waals surface area contributed by atoms with Crippen molar-refractivity contribution in [3.63, 3.8) is 0 Å². The van der Waals surface area contributed by atoms with Crippen LogP contribution >= 0.6 is 11.3 Å². The molecule has 2 saturated heterocycles. The number of nitrogens with one attached hydrogen (secondary N) is 2. The number of sulfonamides is 1. The molecule has 0 saturated carbocycles. The fraction of sp³-hybridized carbons (Fsp3) is 0.231. The van der Waals surface area contributed by atoms with Crippen LogP contribution in [-0.4, -0.2) is 50.0 Å². The molecular weight excluding hydrogens is 498 g/mol. The molecule has 1 aromatic heterocycles. The Morgan fingerprint density at radius 2 is 1.81 bits per heavy atom. The summed E-state index contributed by atoms with van der Waals surface area (Å²) in [6, 6.07) is 17.8. The maximum Gasteiger partial charge on any atom is 0.265 e. The van der Waals surface area contributed by atoms with Gasteiger partial charge in [0.25, 0.3) is 5.91 Å². The van der Waals surface area contributed by atoms with Crippen molar-refractivity contribution in [2.45, 2.75) is 23.6 Å². The molecule has 2 aromatic carbocycles. The van der Waals surface area contributed by atoms with Crippen LogP contribution in [0.1, 0.15) is 16.1 Å². The summed E-state index contributed by atoms with van der Waals surface area (Å²) in [5, 5.41) is 7.47. The van der Waals surface area contributed by atoms with Gasteiger partial charge in [-0.25, -0.2) is 8.42 Å². The van der Waals surface area contributed by atoms with Gasteiger partial charge in [-0.2, -0.15) is 4.31 Å². The average molecular weight is 524 g/mol. The van der Waals surface area contributed by atoms with Crippen molar-refractivity contribution in [1.82, 2.24) is 9.62 Å². The summed E-state index contributed by atoms with van der Waals surface area (Å²) in [5.41, 5.74) is 2.52. The largest absolute Gasteiger partial charge is 0.354 e. The van der Waals surface area contributed by atoms with Gasteiger partial charge in [0.1, 0.15) is 6.23 Å². The highest BCUT2D eigenvalue weighted by molar-refractivity contribution is 7.89. The van der Waals surface area contributed by atoms with Crippen LogP contribution in [0.15, 0.2) is 83.6 Å². The highest BCUT2D eigenvalue weighted by atomic mass is 32.2. The zero-order valence-electron chi connectivity index (χ0n) is 19.3. The molecule has 3 aromatic rings. The molecule has 0 aliphatic carbocycles. The standard InChI is InChI=1S/C26H25N3O5S2/c1-2-24(30)28-25-13-18-14-29(15-22(18)34-25)36(32,33)21-10-8-20(9-11-21)27-26(31)23-12-19(16-35-23)17-6-4-3-5-7-17/h2-12,16,18,22,25H,1,13-15H2,(H,27,31)(H,28,30). The molecule has 36 heavy (non-hydrogen) atoms. The average Bonchev–Trinajstić information content (AvgIpc) is 3.60. The zero-order valence-corrected chi connectivity index (χ0v) is 20.9. The Morgan fingerprint density at radius 1 is 1.06 bits per heavy atom. The van der Waals surface area contributed by atoms with E-state index in [0.717, 1.165) is 11.1 Å². The molecule has 3 atom stereocenters. The maximum absolute atomic E-state index is 13.2. The lowest BCUT2D eigenvalue weighted by Gasteiger charge is -2.19. The molecule has 0 radical (unpaired) electrons. The van der Waals surface area contributed by atoms with Crippen LogP contribution in [0.25, 0.3) is 11.1 Å². The van der Waals surface area contributed by atoms with E-state index in [1.165, 1.54) is 33.9 Å². The van der Waals surface area contributed by atoms with Gasteiger partial charge in [0.05, 0.1) is 15.9 Å². The molecule has 2 aliphatic heterocycles. The summed E-state index contributed by atoms with van der Waals surface area (Å²) < 4.78 is 33.6. The predicted octanol–water partition coefficient (Wildman–Crippen LogP) is 3.71. The normalized spacial score (nSPS) is 21.6. The first-order valence-electron chi connectivity index (χ1n) is 11.5. The first-order valence-corrected chi connectivity index (χ1v) is 13.8. The van der Waals surface area contributed by atoms with Crippen molar-refractivity contribution >= 4 is 38.9 Å². The highest BCUT2D eigenvalue weighted by Gasteiger charge is 2.46. The Bertz CT molecular complexity index is 1370. The van der Waals surface area contributed by atoms with Gasteiger partial charge in [-0.1, -0.05) is 36.9 Å². The summed E-state index contributed by atoms with van der Waals surface area (Å²) in [4.78, 5) is 24.9. The fourth-order valence-corrected chi connectivity index (χ4v) is 6.84. The van der Waals surface area contributed by atoms with Gasteiger partial charge in [-0.3, -0.25) is 9.59 Å². The lowest BCUT2D eigenvalue weighted by atomic mass is 10.1. The summed E-state index contributed by atoms with van der Waals surface area (Å²) in [6.07, 6.45) is 1.05. The number of ether oxygens (including phenoxy) is 1. The van der Waals surface area contributed by atoms with Gasteiger partial charge in [-0.05, 0) is 59.3 Å². The Kier molecular flexibility index (Phi) is 6.76. The Labute approximate surface area is 213 Å². The van der Waals surface area contributed by atoms with Crippen LogP contribution in [0.2, 0.25) is 0 Å². The Morgan fingerprint density at radius 3 is 2.50 bits per heavy atom. The van der Waals surface area contributed by atoms with Crippen molar-refractivity contribution in [3.05, 3.63) is 83.6 Å². The summed E-state index contributed by atoms with van der Waals surface area (Å²) in [6.45, 7) is 3.98. The molecule has 5 rings (SSSR count). The minimum atomic E-state index is -3.71. The zero-order chi connectivity index (χ0) is 25.3. The molecule has 2 aliphatic rings. The number of carbonyl (C=O) groups excluding carboxylic acids is 2. The van der Waals surface area contributed by atoms with Gasteiger partial charge in [0.2, 0.25) is 15.9 Å². The minimum Gasteiger partial charge on any atom is -0.354 e. The van der Waals surface area contributed by atoms with Gasteiger partial charge >= 0.3 is 0 Å². The third kappa shape index (κ3) is 4.98. The van der Waals surface area contributed by atoms with E-state index in [1.807, 2.05) is 41.8 Å². The van der Waals surface area contributed by atoms with Crippen LogP contribution in [0.3, 0.4) is 0 Å². The predicted molar refractivity (Wildman–Crippen MR) is 138 cm³/mol. The number of fused-ring (bicyclic) bond motifs is 1. The minimum absolute atomic E-state index is 0.0139. The first-order chi connectivity index (χ1) is 17.3. The lowest BCUT2D eigenvalue weighted by Crippen LogP contribution is -2.37. The van der Waals surface area contributed by atoms with E-state index in [4.69, 9.17) is 4.74 Å². The van der Waals surface area contributed by atoms with Crippen LogP contribution in [-0.2, 0) is 19.6 Å². The third-order valence-electron chi connectivity index (χ3n) is 6.37. The maximum atomic E-state index is 13.2. The number of amides is 2. The van der Waals surface area contributed by atoms with Crippen LogP contribution in [0.4, 0.5) is 5.69 Å². The van der Waals surface area contributed by atoms with E-state index in [0.29, 0.717) is 23.5 Å². The number of hydrogen-bond donors (Lipinski definition) is 2. The molecule has 186 valence electrons. The molecule has 3 heterocycles. The van der Waals surface area contributed by atoms with E-state index in [2.05, 4.69) is 17.2 Å². The van der Waals surface area contributed by atoms with Crippen LogP contribution in [0, 0.1) is 5.92 Å². The van der Waals surface area contributed by atoms with Crippen LogP contribution in [0.5, 0.6) is 0 Å². The molecule has 0 spiro atoms. The molecule has 8 nitrogen and oxygen atoms in total. The first kappa shape index (κ1) is 24.4. The van der Waals surface area contributed by atoms with Crippen LogP contribution < -0.4 is 10.6 Å². The topological polar surface area (TPSA) is 105 Å². The molecule has 2 N–H and O–H groups in total. The lowest BCUT2D eigenvalue weighted by molar-refractivity contribution is -0.120. The Hall–Kier alpha value is -3.31. The van der Waals surface area contributed by atoms with Crippen molar-refractivity contribution in [1.29, 1.82) is 0 Å². The molecular formula is C26H25N3O5S2. The molecule has 2 fully saturated rings. The second kappa shape index (κ2) is 9.98. The number of anilines is 1. The van der Waals surface area contributed by atoms with E-state index in [1.54, 1.807) is 12.1 Å². The number of nitrogens with zero attached hydrogens (tertiary/aromatic N) is 1.